The van der Waals surface area contributed by atoms with Crippen LogP contribution in [0, 0.1) is 0 Å². The van der Waals surface area contributed by atoms with E-state index >= 15 is 0 Å². The Labute approximate surface area is 111 Å². The number of aromatic nitrogens is 1. The summed E-state index contributed by atoms with van der Waals surface area (Å²) in [5.41, 5.74) is 0.941. The fraction of sp³-hybridized carbons (Fsp3) is 0.600. The van der Waals surface area contributed by atoms with Gasteiger partial charge in [-0.15, -0.1) is 11.3 Å². The van der Waals surface area contributed by atoms with E-state index in [0.717, 1.165) is 30.1 Å². The molecule has 0 atom stereocenters. The molecule has 16 heavy (non-hydrogen) atoms. The molecule has 0 saturated heterocycles. The predicted molar refractivity (Wildman–Crippen MR) is 55.7 cm³/mol. The van der Waals surface area contributed by atoms with E-state index in [1.54, 1.807) is 0 Å². The number of aromatic carboxylic acids is 1. The van der Waals surface area contributed by atoms with Gasteiger partial charge in [0.15, 0.2) is 0 Å². The topological polar surface area (TPSA) is 56.3 Å². The van der Waals surface area contributed by atoms with Crippen molar-refractivity contribution in [3.63, 3.8) is 0 Å². The standard InChI is InChI=1S/C10H14N2O2S.Li/c1-6(2)12-4-3-7-8(5-12)15-9(11-7)10(13)14;/h6H,3-5H2,1-2H3,(H,13,14);/q;+1/p-1. The molecule has 2 rings (SSSR count). The van der Waals surface area contributed by atoms with Crippen LogP contribution in [0.1, 0.15) is 34.2 Å². The first kappa shape index (κ1) is 13.7. The average molecular weight is 232 g/mol. The number of fused-ring (bicyclic) bond motifs is 1. The van der Waals surface area contributed by atoms with Crippen molar-refractivity contribution >= 4 is 17.3 Å². The number of nitrogens with zero attached hydrogens (tertiary/aromatic N) is 2. The van der Waals surface area contributed by atoms with E-state index in [-0.39, 0.29) is 23.9 Å². The summed E-state index contributed by atoms with van der Waals surface area (Å²) < 4.78 is 0. The van der Waals surface area contributed by atoms with Crippen molar-refractivity contribution < 1.29 is 28.8 Å². The quantitative estimate of drug-likeness (QED) is 0.520. The minimum Gasteiger partial charge on any atom is -0.542 e. The Morgan fingerprint density at radius 1 is 1.56 bits per heavy atom. The minimum absolute atomic E-state index is 0. The molecule has 2 heterocycles. The Morgan fingerprint density at radius 3 is 2.81 bits per heavy atom. The first-order valence-electron chi connectivity index (χ1n) is 5.02. The molecular weight excluding hydrogens is 219 g/mol. The molecule has 0 aliphatic carbocycles. The maximum Gasteiger partial charge on any atom is 1.00 e. The van der Waals surface area contributed by atoms with Gasteiger partial charge >= 0.3 is 18.9 Å². The summed E-state index contributed by atoms with van der Waals surface area (Å²) in [4.78, 5) is 18.1. The molecule has 0 saturated carbocycles. The van der Waals surface area contributed by atoms with Crippen LogP contribution in [0.5, 0.6) is 0 Å². The number of hydrogen-bond acceptors (Lipinski definition) is 5. The van der Waals surface area contributed by atoms with Gasteiger partial charge in [-0.1, -0.05) is 0 Å². The molecule has 0 radical (unpaired) electrons. The molecule has 0 bridgehead atoms. The maximum atomic E-state index is 10.7. The zero-order chi connectivity index (χ0) is 11.0. The Bertz CT molecular complexity index is 392. The van der Waals surface area contributed by atoms with Crippen molar-refractivity contribution in [2.24, 2.45) is 0 Å². The van der Waals surface area contributed by atoms with Crippen LogP contribution in [0.2, 0.25) is 0 Å². The number of carboxylic acid groups (broad SMARTS) is 1. The van der Waals surface area contributed by atoms with E-state index in [9.17, 15) is 9.90 Å². The van der Waals surface area contributed by atoms with Gasteiger partial charge in [0.25, 0.3) is 0 Å². The van der Waals surface area contributed by atoms with Crippen LogP contribution in [-0.4, -0.2) is 28.4 Å². The monoisotopic (exact) mass is 232 g/mol. The summed E-state index contributed by atoms with van der Waals surface area (Å²) in [5, 5.41) is 10.8. The Balaban J connectivity index is 0.00000128. The molecule has 1 aliphatic heterocycles. The van der Waals surface area contributed by atoms with E-state index in [4.69, 9.17) is 0 Å². The normalized spacial score (nSPS) is 15.7. The second-order valence-corrected chi connectivity index (χ2v) is 5.07. The summed E-state index contributed by atoms with van der Waals surface area (Å²) in [6.45, 7) is 6.07. The van der Waals surface area contributed by atoms with E-state index in [1.165, 1.54) is 11.3 Å². The van der Waals surface area contributed by atoms with Crippen molar-refractivity contribution in [3.05, 3.63) is 15.6 Å². The molecule has 1 aromatic rings. The number of carboxylic acids is 1. The first-order chi connectivity index (χ1) is 7.08. The SMILES string of the molecule is CC(C)N1CCc2nc(C(=O)[O-])sc2C1.[Li+]. The molecule has 0 fully saturated rings. The first-order valence-corrected chi connectivity index (χ1v) is 5.83. The van der Waals surface area contributed by atoms with Gasteiger partial charge in [0, 0.05) is 30.4 Å². The molecular formula is C10H13LiN2O2S. The number of carbonyl (C=O) groups excluding carboxylic acids is 1. The molecule has 1 aromatic heterocycles. The summed E-state index contributed by atoms with van der Waals surface area (Å²) >= 11 is 1.25. The summed E-state index contributed by atoms with van der Waals surface area (Å²) in [7, 11) is 0. The van der Waals surface area contributed by atoms with Crippen LogP contribution in [0.4, 0.5) is 0 Å². The third kappa shape index (κ3) is 2.66. The maximum absolute atomic E-state index is 10.7. The van der Waals surface area contributed by atoms with Gasteiger partial charge in [-0.25, -0.2) is 4.98 Å². The van der Waals surface area contributed by atoms with E-state index in [2.05, 4.69) is 23.7 Å². The number of hydrogen-bond donors (Lipinski definition) is 0. The molecule has 0 spiro atoms. The van der Waals surface area contributed by atoms with Crippen LogP contribution in [-0.2, 0) is 13.0 Å². The van der Waals surface area contributed by atoms with Gasteiger partial charge in [0.1, 0.15) is 11.0 Å². The Morgan fingerprint density at radius 2 is 2.25 bits per heavy atom. The average Bonchev–Trinajstić information content (AvgIpc) is 2.59. The van der Waals surface area contributed by atoms with E-state index < -0.39 is 5.97 Å². The van der Waals surface area contributed by atoms with Crippen LogP contribution in [0.15, 0.2) is 0 Å². The van der Waals surface area contributed by atoms with Gasteiger partial charge in [0.2, 0.25) is 0 Å². The third-order valence-corrected chi connectivity index (χ3v) is 3.73. The number of thiazole rings is 1. The van der Waals surface area contributed by atoms with Gasteiger partial charge < -0.3 is 9.90 Å². The molecule has 0 N–H and O–H groups in total. The van der Waals surface area contributed by atoms with Gasteiger partial charge in [-0.2, -0.15) is 0 Å². The molecule has 6 heteroatoms. The summed E-state index contributed by atoms with van der Waals surface area (Å²) in [6, 6.07) is 0.492. The predicted octanol–water partition coefficient (Wildman–Crippen LogP) is -2.72. The number of rotatable bonds is 2. The second kappa shape index (κ2) is 5.33. The molecule has 1 aliphatic rings. The third-order valence-electron chi connectivity index (χ3n) is 2.67. The minimum atomic E-state index is -1.16. The second-order valence-electron chi connectivity index (χ2n) is 3.99. The Kier molecular flexibility index (Phi) is 4.57. The van der Waals surface area contributed by atoms with Gasteiger partial charge in [0.05, 0.1) is 5.69 Å². The molecule has 4 nitrogen and oxygen atoms in total. The largest absolute Gasteiger partial charge is 1.00 e. The fourth-order valence-corrected chi connectivity index (χ4v) is 2.71. The summed E-state index contributed by atoms with van der Waals surface area (Å²) in [6.07, 6.45) is 0.845. The fourth-order valence-electron chi connectivity index (χ4n) is 1.74. The van der Waals surface area contributed by atoms with Crippen LogP contribution in [0.3, 0.4) is 0 Å². The molecule has 82 valence electrons. The molecule has 0 aromatic carbocycles. The van der Waals surface area contributed by atoms with Gasteiger partial charge in [-0.05, 0) is 13.8 Å². The van der Waals surface area contributed by atoms with Crippen molar-refractivity contribution in [3.8, 4) is 0 Å². The van der Waals surface area contributed by atoms with Crippen molar-refractivity contribution in [2.45, 2.75) is 32.9 Å². The van der Waals surface area contributed by atoms with Crippen molar-refractivity contribution in [1.82, 2.24) is 9.88 Å². The zero-order valence-corrected chi connectivity index (χ0v) is 10.6. The molecule has 0 unspecified atom stereocenters. The number of carbonyl (C=O) groups is 1. The zero-order valence-electron chi connectivity index (χ0n) is 9.82. The summed E-state index contributed by atoms with van der Waals surface area (Å²) in [5.74, 6) is -1.16. The van der Waals surface area contributed by atoms with Crippen molar-refractivity contribution in [1.29, 1.82) is 0 Å². The smallest absolute Gasteiger partial charge is 0.542 e. The van der Waals surface area contributed by atoms with E-state index in [1.807, 2.05) is 0 Å². The van der Waals surface area contributed by atoms with Gasteiger partial charge in [-0.3, -0.25) is 4.90 Å². The molecule has 0 amide bonds. The van der Waals surface area contributed by atoms with E-state index in [0.29, 0.717) is 6.04 Å². The van der Waals surface area contributed by atoms with Crippen LogP contribution in [0.25, 0.3) is 0 Å². The van der Waals surface area contributed by atoms with Crippen LogP contribution >= 0.6 is 11.3 Å². The van der Waals surface area contributed by atoms with Crippen molar-refractivity contribution in [2.75, 3.05) is 6.54 Å². The van der Waals surface area contributed by atoms with Crippen LogP contribution < -0.4 is 24.0 Å². The Hall–Kier alpha value is -0.343.